The second kappa shape index (κ2) is 8.59. The minimum atomic E-state index is -0.0232. The quantitative estimate of drug-likeness (QED) is 0.319. The maximum atomic E-state index is 2.48. The Morgan fingerprint density at radius 1 is 0.533 bits per heavy atom. The third kappa shape index (κ3) is 4.16. The smallest absolute Gasteiger partial charge is 0.0422 e. The summed E-state index contributed by atoms with van der Waals surface area (Å²) in [6, 6.07) is 39.0. The number of benzene rings is 4. The van der Waals surface area contributed by atoms with Crippen molar-refractivity contribution in [2.45, 2.75) is 32.7 Å². The Kier molecular flexibility index (Phi) is 5.72. The lowest BCUT2D eigenvalue weighted by molar-refractivity contribution is 0.488. The monoisotopic (exact) mass is 391 g/mol. The molecule has 4 aromatic carbocycles. The molecular weight excluding hydrogens is 362 g/mol. The van der Waals surface area contributed by atoms with Crippen molar-refractivity contribution in [1.29, 1.82) is 0 Å². The van der Waals surface area contributed by atoms with Gasteiger partial charge >= 0.3 is 0 Å². The molecule has 0 N–H and O–H groups in total. The third-order valence-electron chi connectivity index (χ3n) is 5.89. The molecule has 0 atom stereocenters. The summed E-state index contributed by atoms with van der Waals surface area (Å²) < 4.78 is 0. The van der Waals surface area contributed by atoms with E-state index in [2.05, 4.69) is 135 Å². The highest BCUT2D eigenvalue weighted by molar-refractivity contribution is 5.76. The van der Waals surface area contributed by atoms with E-state index < -0.39 is 0 Å². The SMILES string of the molecule is CCC(C)(C)N(c1cccc(-c2ccccc2)c1)c1cccc(-c2ccccc2)c1. The van der Waals surface area contributed by atoms with Crippen LogP contribution in [0.1, 0.15) is 27.2 Å². The van der Waals surface area contributed by atoms with E-state index in [0.29, 0.717) is 0 Å². The lowest BCUT2D eigenvalue weighted by Crippen LogP contribution is -2.40. The molecule has 1 heteroatoms. The first-order valence-corrected chi connectivity index (χ1v) is 10.7. The second-order valence-electron chi connectivity index (χ2n) is 8.33. The molecule has 0 amide bonds. The summed E-state index contributed by atoms with van der Waals surface area (Å²) in [5.74, 6) is 0. The van der Waals surface area contributed by atoms with Gasteiger partial charge in [-0.05, 0) is 66.8 Å². The van der Waals surface area contributed by atoms with E-state index in [1.54, 1.807) is 0 Å². The third-order valence-corrected chi connectivity index (χ3v) is 5.89. The van der Waals surface area contributed by atoms with Gasteiger partial charge in [0.05, 0.1) is 0 Å². The molecule has 0 saturated heterocycles. The lowest BCUT2D eigenvalue weighted by Gasteiger charge is -2.40. The van der Waals surface area contributed by atoms with Crippen molar-refractivity contribution in [2.24, 2.45) is 0 Å². The van der Waals surface area contributed by atoms with Crippen LogP contribution < -0.4 is 4.90 Å². The second-order valence-corrected chi connectivity index (χ2v) is 8.33. The van der Waals surface area contributed by atoms with E-state index >= 15 is 0 Å². The van der Waals surface area contributed by atoms with Crippen molar-refractivity contribution < 1.29 is 0 Å². The van der Waals surface area contributed by atoms with E-state index in [1.165, 1.54) is 33.6 Å². The number of hydrogen-bond acceptors (Lipinski definition) is 1. The van der Waals surface area contributed by atoms with Crippen molar-refractivity contribution in [3.8, 4) is 22.3 Å². The highest BCUT2D eigenvalue weighted by Gasteiger charge is 2.27. The molecule has 4 rings (SSSR count). The zero-order valence-corrected chi connectivity index (χ0v) is 18.0. The fourth-order valence-corrected chi connectivity index (χ4v) is 3.92. The Bertz CT molecular complexity index is 1010. The van der Waals surface area contributed by atoms with E-state index in [9.17, 15) is 0 Å². The molecule has 0 radical (unpaired) electrons. The summed E-state index contributed by atoms with van der Waals surface area (Å²) >= 11 is 0. The average Bonchev–Trinajstić information content (AvgIpc) is 2.81. The first-order chi connectivity index (χ1) is 14.6. The zero-order chi connectivity index (χ0) is 21.0. The molecule has 1 nitrogen and oxygen atoms in total. The van der Waals surface area contributed by atoms with Gasteiger partial charge in [-0.25, -0.2) is 0 Å². The van der Waals surface area contributed by atoms with Crippen molar-refractivity contribution in [1.82, 2.24) is 0 Å². The van der Waals surface area contributed by atoms with Crippen LogP contribution in [0, 0.1) is 0 Å². The maximum absolute atomic E-state index is 2.48. The summed E-state index contributed by atoms with van der Waals surface area (Å²) in [6.07, 6.45) is 1.04. The van der Waals surface area contributed by atoms with Crippen LogP contribution in [-0.2, 0) is 0 Å². The predicted molar refractivity (Wildman–Crippen MR) is 130 cm³/mol. The van der Waals surface area contributed by atoms with Gasteiger partial charge in [0.1, 0.15) is 0 Å². The van der Waals surface area contributed by atoms with Crippen LogP contribution in [0.25, 0.3) is 22.3 Å². The number of hydrogen-bond donors (Lipinski definition) is 0. The molecule has 0 aromatic heterocycles. The fourth-order valence-electron chi connectivity index (χ4n) is 3.92. The number of rotatable bonds is 6. The van der Waals surface area contributed by atoms with Crippen LogP contribution in [0.5, 0.6) is 0 Å². The lowest BCUT2D eigenvalue weighted by atomic mass is 9.95. The van der Waals surface area contributed by atoms with Gasteiger partial charge in [-0.2, -0.15) is 0 Å². The molecule has 150 valence electrons. The first kappa shape index (κ1) is 20.0. The Labute approximate surface area is 180 Å². The van der Waals surface area contributed by atoms with Gasteiger partial charge in [0, 0.05) is 16.9 Å². The Morgan fingerprint density at radius 3 is 1.33 bits per heavy atom. The van der Waals surface area contributed by atoms with Gasteiger partial charge in [0.2, 0.25) is 0 Å². The molecule has 30 heavy (non-hydrogen) atoms. The topological polar surface area (TPSA) is 3.24 Å². The number of nitrogens with zero attached hydrogens (tertiary/aromatic N) is 1. The van der Waals surface area contributed by atoms with Crippen LogP contribution in [-0.4, -0.2) is 5.54 Å². The molecule has 0 unspecified atom stereocenters. The Balaban J connectivity index is 1.81. The van der Waals surface area contributed by atoms with Gasteiger partial charge < -0.3 is 4.90 Å². The standard InChI is InChI=1S/C29H29N/c1-4-29(2,3)30(27-19-11-17-25(21-27)23-13-7-5-8-14-23)28-20-12-18-26(22-28)24-15-9-6-10-16-24/h5-22H,4H2,1-3H3. The largest absolute Gasteiger partial charge is 0.336 e. The van der Waals surface area contributed by atoms with Crippen molar-refractivity contribution in [3.63, 3.8) is 0 Å². The van der Waals surface area contributed by atoms with E-state index in [4.69, 9.17) is 0 Å². The predicted octanol–water partition coefficient (Wildman–Crippen LogP) is 8.35. The van der Waals surface area contributed by atoms with Gasteiger partial charge in [0.15, 0.2) is 0 Å². The molecule has 0 saturated carbocycles. The molecule has 0 spiro atoms. The Morgan fingerprint density at radius 2 is 0.933 bits per heavy atom. The number of anilines is 2. The normalized spacial score (nSPS) is 11.3. The molecule has 0 aliphatic carbocycles. The maximum Gasteiger partial charge on any atom is 0.0422 e. The molecule has 0 heterocycles. The van der Waals surface area contributed by atoms with Crippen molar-refractivity contribution in [2.75, 3.05) is 4.90 Å². The van der Waals surface area contributed by atoms with Crippen LogP contribution >= 0.6 is 0 Å². The summed E-state index contributed by atoms with van der Waals surface area (Å²) in [7, 11) is 0. The van der Waals surface area contributed by atoms with Crippen LogP contribution in [0.4, 0.5) is 11.4 Å². The first-order valence-electron chi connectivity index (χ1n) is 10.7. The van der Waals surface area contributed by atoms with Crippen LogP contribution in [0.3, 0.4) is 0 Å². The summed E-state index contributed by atoms with van der Waals surface area (Å²) in [4.78, 5) is 2.48. The minimum absolute atomic E-state index is 0.0232. The molecule has 4 aromatic rings. The summed E-state index contributed by atoms with van der Waals surface area (Å²) in [5, 5.41) is 0. The molecule has 0 aliphatic rings. The highest BCUT2D eigenvalue weighted by atomic mass is 15.2. The minimum Gasteiger partial charge on any atom is -0.336 e. The van der Waals surface area contributed by atoms with E-state index in [1.807, 2.05) is 0 Å². The molecule has 0 fully saturated rings. The van der Waals surface area contributed by atoms with E-state index in [0.717, 1.165) is 6.42 Å². The van der Waals surface area contributed by atoms with Gasteiger partial charge in [-0.3, -0.25) is 0 Å². The van der Waals surface area contributed by atoms with Crippen molar-refractivity contribution in [3.05, 3.63) is 109 Å². The van der Waals surface area contributed by atoms with Crippen LogP contribution in [0.15, 0.2) is 109 Å². The van der Waals surface area contributed by atoms with Gasteiger partial charge in [-0.1, -0.05) is 91.9 Å². The fraction of sp³-hybridized carbons (Fsp3) is 0.172. The van der Waals surface area contributed by atoms with Gasteiger partial charge in [-0.15, -0.1) is 0 Å². The van der Waals surface area contributed by atoms with Crippen LogP contribution in [0.2, 0.25) is 0 Å². The molecule has 0 aliphatic heterocycles. The molecule has 0 bridgehead atoms. The van der Waals surface area contributed by atoms with E-state index in [-0.39, 0.29) is 5.54 Å². The average molecular weight is 392 g/mol. The van der Waals surface area contributed by atoms with Crippen molar-refractivity contribution >= 4 is 11.4 Å². The Hall–Kier alpha value is -3.32. The summed E-state index contributed by atoms with van der Waals surface area (Å²) in [5.41, 5.74) is 7.37. The highest BCUT2D eigenvalue weighted by Crippen LogP contribution is 2.38. The zero-order valence-electron chi connectivity index (χ0n) is 18.0. The summed E-state index contributed by atoms with van der Waals surface area (Å²) in [6.45, 7) is 6.89. The molecular formula is C29H29N. The van der Waals surface area contributed by atoms with Gasteiger partial charge in [0.25, 0.3) is 0 Å².